The second kappa shape index (κ2) is 10.0. The summed E-state index contributed by atoms with van der Waals surface area (Å²) < 4.78 is 5.12. The molecule has 0 fully saturated rings. The average molecular weight is 434 g/mol. The van der Waals surface area contributed by atoms with E-state index in [1.165, 1.54) is 30.9 Å². The lowest BCUT2D eigenvalue weighted by molar-refractivity contribution is -0.152. The summed E-state index contributed by atoms with van der Waals surface area (Å²) in [5, 5.41) is 3.67. The molecule has 0 aliphatic carbocycles. The number of benzene rings is 1. The standard InChI is InChI=1S/C17H15Cl3N2O3S/c1-10(17(24)22-16-13(20)8-11(18)9-21-16)25-15(23)6-7-26-14-5-3-2-4-12(14)19/h2-5,8-10H,6-7H2,1H3,(H,21,22,24). The van der Waals surface area contributed by atoms with Gasteiger partial charge in [0, 0.05) is 16.8 Å². The van der Waals surface area contributed by atoms with Gasteiger partial charge in [-0.3, -0.25) is 9.59 Å². The number of carbonyl (C=O) groups is 2. The molecule has 0 aliphatic rings. The van der Waals surface area contributed by atoms with Crippen LogP contribution in [0.2, 0.25) is 15.1 Å². The largest absolute Gasteiger partial charge is 0.453 e. The summed E-state index contributed by atoms with van der Waals surface area (Å²) in [6.07, 6.45) is 0.514. The van der Waals surface area contributed by atoms with Crippen molar-refractivity contribution in [2.24, 2.45) is 0 Å². The number of rotatable bonds is 7. The summed E-state index contributed by atoms with van der Waals surface area (Å²) in [4.78, 5) is 28.8. The Balaban J connectivity index is 1.78. The van der Waals surface area contributed by atoms with Gasteiger partial charge in [-0.05, 0) is 25.1 Å². The minimum absolute atomic E-state index is 0.146. The second-order valence-electron chi connectivity index (χ2n) is 5.13. The molecule has 1 atom stereocenters. The van der Waals surface area contributed by atoms with Crippen LogP contribution in [-0.2, 0) is 14.3 Å². The lowest BCUT2D eigenvalue weighted by atomic mass is 10.3. The zero-order valence-electron chi connectivity index (χ0n) is 13.7. The van der Waals surface area contributed by atoms with Crippen LogP contribution < -0.4 is 5.32 Å². The minimum Gasteiger partial charge on any atom is -0.453 e. The van der Waals surface area contributed by atoms with Crippen molar-refractivity contribution in [1.29, 1.82) is 0 Å². The van der Waals surface area contributed by atoms with Gasteiger partial charge in [0.15, 0.2) is 11.9 Å². The molecule has 138 valence electrons. The van der Waals surface area contributed by atoms with Crippen molar-refractivity contribution in [3.05, 3.63) is 51.6 Å². The minimum atomic E-state index is -0.985. The number of hydrogen-bond acceptors (Lipinski definition) is 5. The Morgan fingerprint density at radius 1 is 1.23 bits per heavy atom. The van der Waals surface area contributed by atoms with Gasteiger partial charge >= 0.3 is 5.97 Å². The zero-order valence-corrected chi connectivity index (χ0v) is 16.8. The number of anilines is 1. The Hall–Kier alpha value is -1.47. The number of pyridine rings is 1. The maximum absolute atomic E-state index is 12.1. The number of thioether (sulfide) groups is 1. The average Bonchev–Trinajstić information content (AvgIpc) is 2.59. The van der Waals surface area contributed by atoms with Gasteiger partial charge in [0.25, 0.3) is 5.91 Å². The lowest BCUT2D eigenvalue weighted by Crippen LogP contribution is -2.30. The van der Waals surface area contributed by atoms with E-state index in [-0.39, 0.29) is 17.3 Å². The normalized spacial score (nSPS) is 11.7. The first-order valence-corrected chi connectivity index (χ1v) is 9.67. The van der Waals surface area contributed by atoms with Crippen molar-refractivity contribution >= 4 is 64.3 Å². The molecule has 2 rings (SSSR count). The van der Waals surface area contributed by atoms with E-state index >= 15 is 0 Å². The second-order valence-corrected chi connectivity index (χ2v) is 7.52. The molecule has 0 bridgehead atoms. The number of nitrogens with one attached hydrogen (secondary N) is 1. The van der Waals surface area contributed by atoms with Gasteiger partial charge in [0.1, 0.15) is 0 Å². The summed E-state index contributed by atoms with van der Waals surface area (Å²) >= 11 is 19.2. The topological polar surface area (TPSA) is 68.3 Å². The molecule has 0 radical (unpaired) electrons. The van der Waals surface area contributed by atoms with Crippen molar-refractivity contribution in [2.45, 2.75) is 24.3 Å². The molecule has 26 heavy (non-hydrogen) atoms. The van der Waals surface area contributed by atoms with Crippen molar-refractivity contribution in [1.82, 2.24) is 4.98 Å². The smallest absolute Gasteiger partial charge is 0.307 e. The highest BCUT2D eigenvalue weighted by atomic mass is 35.5. The quantitative estimate of drug-likeness (QED) is 0.486. The zero-order chi connectivity index (χ0) is 19.1. The van der Waals surface area contributed by atoms with Gasteiger partial charge in [-0.2, -0.15) is 0 Å². The van der Waals surface area contributed by atoms with Gasteiger partial charge in [-0.15, -0.1) is 11.8 Å². The molecular weight excluding hydrogens is 419 g/mol. The maximum Gasteiger partial charge on any atom is 0.307 e. The van der Waals surface area contributed by atoms with Gasteiger partial charge in [-0.1, -0.05) is 46.9 Å². The first-order valence-electron chi connectivity index (χ1n) is 7.55. The van der Waals surface area contributed by atoms with Crippen molar-refractivity contribution in [2.75, 3.05) is 11.1 Å². The lowest BCUT2D eigenvalue weighted by Gasteiger charge is -2.13. The summed E-state index contributed by atoms with van der Waals surface area (Å²) in [7, 11) is 0. The third-order valence-electron chi connectivity index (χ3n) is 3.13. The van der Waals surface area contributed by atoms with Crippen LogP contribution in [0.3, 0.4) is 0 Å². The van der Waals surface area contributed by atoms with E-state index in [0.717, 1.165) is 4.90 Å². The monoisotopic (exact) mass is 432 g/mol. The fourth-order valence-electron chi connectivity index (χ4n) is 1.84. The molecule has 0 saturated heterocycles. The van der Waals surface area contributed by atoms with E-state index in [9.17, 15) is 9.59 Å². The summed E-state index contributed by atoms with van der Waals surface area (Å²) in [5.74, 6) is -0.379. The molecule has 1 aromatic heterocycles. The molecule has 1 amide bonds. The number of halogens is 3. The highest BCUT2D eigenvalue weighted by Crippen LogP contribution is 2.27. The number of nitrogens with zero attached hydrogens (tertiary/aromatic N) is 1. The van der Waals surface area contributed by atoms with E-state index in [1.807, 2.05) is 18.2 Å². The third-order valence-corrected chi connectivity index (χ3v) is 5.14. The first kappa shape index (κ1) is 20.8. The van der Waals surface area contributed by atoms with Crippen LogP contribution in [0, 0.1) is 0 Å². The number of hydrogen-bond donors (Lipinski definition) is 1. The third kappa shape index (κ3) is 6.36. The van der Waals surface area contributed by atoms with Gasteiger partial charge in [-0.25, -0.2) is 4.98 Å². The van der Waals surface area contributed by atoms with E-state index < -0.39 is 18.0 Å². The van der Waals surface area contributed by atoms with E-state index in [4.69, 9.17) is 39.5 Å². The molecule has 0 saturated carbocycles. The Bertz CT molecular complexity index is 805. The van der Waals surface area contributed by atoms with Crippen LogP contribution in [0.15, 0.2) is 41.4 Å². The number of ether oxygens (including phenoxy) is 1. The highest BCUT2D eigenvalue weighted by Gasteiger charge is 2.19. The van der Waals surface area contributed by atoms with Gasteiger partial charge < -0.3 is 10.1 Å². The highest BCUT2D eigenvalue weighted by molar-refractivity contribution is 7.99. The van der Waals surface area contributed by atoms with Crippen molar-refractivity contribution in [3.8, 4) is 0 Å². The molecule has 9 heteroatoms. The Labute approximate surface area is 170 Å². The molecule has 0 spiro atoms. The van der Waals surface area contributed by atoms with E-state index in [1.54, 1.807) is 6.07 Å². The first-order chi connectivity index (χ1) is 12.4. The van der Waals surface area contributed by atoms with Crippen molar-refractivity contribution in [3.63, 3.8) is 0 Å². The fraction of sp³-hybridized carbons (Fsp3) is 0.235. The molecule has 1 aromatic carbocycles. The molecule has 1 N–H and O–H groups in total. The number of carbonyl (C=O) groups excluding carboxylic acids is 2. The predicted octanol–water partition coefficient (Wildman–Crippen LogP) is 5.09. The molecule has 0 aliphatic heterocycles. The molecule has 5 nitrogen and oxygen atoms in total. The summed E-state index contributed by atoms with van der Waals surface area (Å²) in [6, 6.07) is 8.81. The molecular formula is C17H15Cl3N2O3S. The Morgan fingerprint density at radius 3 is 2.65 bits per heavy atom. The van der Waals surface area contributed by atoms with Crippen LogP contribution in [0.1, 0.15) is 13.3 Å². The predicted molar refractivity (Wildman–Crippen MR) is 105 cm³/mol. The summed E-state index contributed by atoms with van der Waals surface area (Å²) in [5.41, 5.74) is 0. The number of aromatic nitrogens is 1. The van der Waals surface area contributed by atoms with E-state index in [2.05, 4.69) is 10.3 Å². The van der Waals surface area contributed by atoms with Crippen LogP contribution >= 0.6 is 46.6 Å². The molecule has 2 aromatic rings. The van der Waals surface area contributed by atoms with Crippen LogP contribution in [0.25, 0.3) is 0 Å². The van der Waals surface area contributed by atoms with E-state index in [0.29, 0.717) is 15.8 Å². The SMILES string of the molecule is CC(OC(=O)CCSc1ccccc1Cl)C(=O)Nc1ncc(Cl)cc1Cl. The maximum atomic E-state index is 12.1. The van der Waals surface area contributed by atoms with Crippen LogP contribution in [0.5, 0.6) is 0 Å². The Kier molecular flexibility index (Phi) is 8.03. The number of esters is 1. The molecule has 1 heterocycles. The number of amides is 1. The van der Waals surface area contributed by atoms with Gasteiger partial charge in [0.2, 0.25) is 0 Å². The van der Waals surface area contributed by atoms with Gasteiger partial charge in [0.05, 0.1) is 21.5 Å². The summed E-state index contributed by atoms with van der Waals surface area (Å²) in [6.45, 7) is 1.47. The molecule has 1 unspecified atom stereocenters. The van der Waals surface area contributed by atoms with Crippen LogP contribution in [0.4, 0.5) is 5.82 Å². The van der Waals surface area contributed by atoms with Crippen LogP contribution in [-0.4, -0.2) is 28.7 Å². The fourth-order valence-corrected chi connectivity index (χ4v) is 3.44. The Morgan fingerprint density at radius 2 is 1.96 bits per heavy atom. The van der Waals surface area contributed by atoms with Crippen molar-refractivity contribution < 1.29 is 14.3 Å².